The molecule has 136 valence electrons. The standard InChI is InChI=1S/C20H18N4O3/c1-20(10-27-11-20)24-16-7-12(13-8-21-22-9-13)5-6-15(16)23-19(24)14-3-2-4-17(25)18(14)26/h2-9,25-26H,10-11H2,1H3,(H,21,22). The molecule has 27 heavy (non-hydrogen) atoms. The highest BCUT2D eigenvalue weighted by molar-refractivity contribution is 5.87. The van der Waals surface area contributed by atoms with Gasteiger partial charge in [0.2, 0.25) is 0 Å². The van der Waals surface area contributed by atoms with E-state index < -0.39 is 0 Å². The summed E-state index contributed by atoms with van der Waals surface area (Å²) in [6.07, 6.45) is 3.62. The van der Waals surface area contributed by atoms with Gasteiger partial charge in [0, 0.05) is 11.8 Å². The third kappa shape index (κ3) is 2.32. The number of aromatic amines is 1. The van der Waals surface area contributed by atoms with E-state index in [0.717, 1.165) is 22.2 Å². The summed E-state index contributed by atoms with van der Waals surface area (Å²) in [5, 5.41) is 27.2. The summed E-state index contributed by atoms with van der Waals surface area (Å²) in [5.74, 6) is 0.265. The maximum atomic E-state index is 10.4. The second kappa shape index (κ2) is 5.59. The molecule has 0 saturated carbocycles. The minimum Gasteiger partial charge on any atom is -0.504 e. The summed E-state index contributed by atoms with van der Waals surface area (Å²) in [4.78, 5) is 4.77. The number of H-pyrrole nitrogens is 1. The molecule has 1 saturated heterocycles. The Kier molecular flexibility index (Phi) is 3.29. The van der Waals surface area contributed by atoms with Crippen molar-refractivity contribution in [2.24, 2.45) is 0 Å². The molecule has 0 bridgehead atoms. The first-order chi connectivity index (χ1) is 13.1. The molecule has 0 spiro atoms. The zero-order valence-electron chi connectivity index (χ0n) is 14.7. The van der Waals surface area contributed by atoms with Gasteiger partial charge < -0.3 is 19.5 Å². The Balaban J connectivity index is 1.80. The molecule has 0 aliphatic carbocycles. The molecule has 1 fully saturated rings. The van der Waals surface area contributed by atoms with Crippen LogP contribution in [-0.4, -0.2) is 43.2 Å². The summed E-state index contributed by atoms with van der Waals surface area (Å²) in [6, 6.07) is 10.9. The third-order valence-corrected chi connectivity index (χ3v) is 5.11. The average molecular weight is 362 g/mol. The molecular formula is C20H18N4O3. The minimum absolute atomic E-state index is 0.166. The van der Waals surface area contributed by atoms with E-state index in [9.17, 15) is 10.2 Å². The Morgan fingerprint density at radius 2 is 2.00 bits per heavy atom. The van der Waals surface area contributed by atoms with Crippen LogP contribution >= 0.6 is 0 Å². The van der Waals surface area contributed by atoms with Gasteiger partial charge in [-0.05, 0) is 36.8 Å². The second-order valence-electron chi connectivity index (χ2n) is 7.12. The van der Waals surface area contributed by atoms with Crippen LogP contribution in [0.5, 0.6) is 11.5 Å². The van der Waals surface area contributed by atoms with Crippen LogP contribution in [0.4, 0.5) is 0 Å². The number of nitrogens with zero attached hydrogens (tertiary/aromatic N) is 3. The van der Waals surface area contributed by atoms with Crippen molar-refractivity contribution in [1.82, 2.24) is 19.7 Å². The number of hydrogen-bond donors (Lipinski definition) is 3. The average Bonchev–Trinajstić information content (AvgIpc) is 3.29. The SMILES string of the molecule is CC1(n2c(-c3cccc(O)c3O)nc3ccc(-c4cn[nH]c4)cc32)COC1. The first-order valence-electron chi connectivity index (χ1n) is 8.68. The minimum atomic E-state index is -0.281. The molecule has 1 aliphatic heterocycles. The number of nitrogens with one attached hydrogen (secondary N) is 1. The van der Waals surface area contributed by atoms with Gasteiger partial charge in [0.25, 0.3) is 0 Å². The maximum Gasteiger partial charge on any atom is 0.168 e. The summed E-state index contributed by atoms with van der Waals surface area (Å²) in [6.45, 7) is 3.22. The lowest BCUT2D eigenvalue weighted by Crippen LogP contribution is -2.49. The fourth-order valence-corrected chi connectivity index (χ4v) is 3.63. The van der Waals surface area contributed by atoms with Crippen molar-refractivity contribution < 1.29 is 14.9 Å². The summed E-state index contributed by atoms with van der Waals surface area (Å²) in [7, 11) is 0. The monoisotopic (exact) mass is 362 g/mol. The lowest BCUT2D eigenvalue weighted by atomic mass is 9.98. The molecule has 2 aromatic heterocycles. The van der Waals surface area contributed by atoms with Crippen molar-refractivity contribution in [1.29, 1.82) is 0 Å². The number of phenolic OH excluding ortho intramolecular Hbond substituents is 2. The third-order valence-electron chi connectivity index (χ3n) is 5.11. The topological polar surface area (TPSA) is 96.2 Å². The van der Waals surface area contributed by atoms with Gasteiger partial charge >= 0.3 is 0 Å². The molecule has 0 amide bonds. The quantitative estimate of drug-likeness (QED) is 0.486. The summed E-state index contributed by atoms with van der Waals surface area (Å²) in [5.41, 5.74) is 3.97. The van der Waals surface area contributed by atoms with Crippen molar-refractivity contribution in [2.45, 2.75) is 12.5 Å². The largest absolute Gasteiger partial charge is 0.504 e. The van der Waals surface area contributed by atoms with Gasteiger partial charge in [0.1, 0.15) is 5.82 Å². The number of aromatic hydroxyl groups is 2. The van der Waals surface area contributed by atoms with Gasteiger partial charge in [-0.1, -0.05) is 12.1 Å². The zero-order chi connectivity index (χ0) is 18.6. The Labute approximate surface area is 154 Å². The van der Waals surface area contributed by atoms with Crippen molar-refractivity contribution in [3.8, 4) is 34.0 Å². The van der Waals surface area contributed by atoms with Crippen LogP contribution < -0.4 is 0 Å². The van der Waals surface area contributed by atoms with Crippen molar-refractivity contribution >= 4 is 11.0 Å². The number of hydrogen-bond acceptors (Lipinski definition) is 5. The Bertz CT molecular complexity index is 1140. The molecule has 0 unspecified atom stereocenters. The van der Waals surface area contributed by atoms with E-state index in [0.29, 0.717) is 24.6 Å². The molecule has 0 atom stereocenters. The summed E-state index contributed by atoms with van der Waals surface area (Å²) < 4.78 is 7.58. The molecule has 2 aromatic carbocycles. The Hall–Kier alpha value is -3.32. The molecular weight excluding hydrogens is 344 g/mol. The molecule has 0 radical (unpaired) electrons. The van der Waals surface area contributed by atoms with Crippen LogP contribution in [0.2, 0.25) is 0 Å². The normalized spacial score (nSPS) is 15.7. The predicted octanol–water partition coefficient (Wildman–Crippen LogP) is 3.25. The van der Waals surface area contributed by atoms with Crippen LogP contribution in [-0.2, 0) is 10.3 Å². The molecule has 1 aliphatic rings. The lowest BCUT2D eigenvalue weighted by molar-refractivity contribution is -0.0868. The van der Waals surface area contributed by atoms with Gasteiger partial charge in [-0.2, -0.15) is 5.10 Å². The van der Waals surface area contributed by atoms with Crippen molar-refractivity contribution in [3.63, 3.8) is 0 Å². The number of benzene rings is 2. The van der Waals surface area contributed by atoms with E-state index in [1.165, 1.54) is 6.07 Å². The van der Waals surface area contributed by atoms with Gasteiger partial charge in [-0.3, -0.25) is 5.10 Å². The van der Waals surface area contributed by atoms with Crippen molar-refractivity contribution in [2.75, 3.05) is 13.2 Å². The molecule has 7 nitrogen and oxygen atoms in total. The molecule has 3 heterocycles. The maximum absolute atomic E-state index is 10.4. The zero-order valence-corrected chi connectivity index (χ0v) is 14.7. The second-order valence-corrected chi connectivity index (χ2v) is 7.12. The fraction of sp³-hybridized carbons (Fsp3) is 0.200. The van der Waals surface area contributed by atoms with E-state index in [1.807, 2.05) is 18.3 Å². The van der Waals surface area contributed by atoms with Gasteiger partial charge in [0.15, 0.2) is 11.5 Å². The highest BCUT2D eigenvalue weighted by Crippen LogP contribution is 2.41. The van der Waals surface area contributed by atoms with Crippen LogP contribution in [0.3, 0.4) is 0 Å². The molecule has 5 rings (SSSR count). The van der Waals surface area contributed by atoms with Gasteiger partial charge in [-0.15, -0.1) is 0 Å². The molecule has 7 heteroatoms. The number of para-hydroxylation sites is 1. The number of fused-ring (bicyclic) bond motifs is 1. The van der Waals surface area contributed by atoms with Crippen molar-refractivity contribution in [3.05, 3.63) is 48.8 Å². The van der Waals surface area contributed by atoms with Crippen LogP contribution in [0.1, 0.15) is 6.92 Å². The first kappa shape index (κ1) is 15.9. The number of imidazole rings is 1. The van der Waals surface area contributed by atoms with E-state index >= 15 is 0 Å². The molecule has 4 aromatic rings. The van der Waals surface area contributed by atoms with Gasteiger partial charge in [-0.25, -0.2) is 4.98 Å². The Morgan fingerprint density at radius 1 is 1.15 bits per heavy atom. The predicted molar refractivity (Wildman–Crippen MR) is 101 cm³/mol. The van der Waals surface area contributed by atoms with Crippen LogP contribution in [0, 0.1) is 0 Å². The highest BCUT2D eigenvalue weighted by atomic mass is 16.5. The number of phenols is 2. The van der Waals surface area contributed by atoms with Crippen LogP contribution in [0.25, 0.3) is 33.5 Å². The Morgan fingerprint density at radius 3 is 2.70 bits per heavy atom. The van der Waals surface area contributed by atoms with Crippen LogP contribution in [0.15, 0.2) is 48.8 Å². The van der Waals surface area contributed by atoms with E-state index in [-0.39, 0.29) is 17.0 Å². The van der Waals surface area contributed by atoms with Gasteiger partial charge in [0.05, 0.1) is 41.5 Å². The lowest BCUT2D eigenvalue weighted by Gasteiger charge is -2.40. The smallest absolute Gasteiger partial charge is 0.168 e. The number of rotatable bonds is 3. The highest BCUT2D eigenvalue weighted by Gasteiger charge is 2.39. The fourth-order valence-electron chi connectivity index (χ4n) is 3.63. The summed E-state index contributed by atoms with van der Waals surface area (Å²) >= 11 is 0. The number of aromatic nitrogens is 4. The van der Waals surface area contributed by atoms with E-state index in [2.05, 4.69) is 27.8 Å². The van der Waals surface area contributed by atoms with E-state index in [4.69, 9.17) is 9.72 Å². The van der Waals surface area contributed by atoms with E-state index in [1.54, 1.807) is 18.3 Å². The molecule has 3 N–H and O–H groups in total. The first-order valence-corrected chi connectivity index (χ1v) is 8.68. The number of ether oxygens (including phenoxy) is 1.